The Morgan fingerprint density at radius 3 is 2.38 bits per heavy atom. The lowest BCUT2D eigenvalue weighted by Gasteiger charge is -2.60. The van der Waals surface area contributed by atoms with E-state index in [1.807, 2.05) is 55.5 Å². The number of nitro benzene ring substituents is 1. The Bertz CT molecular complexity index is 2670. The molecule has 0 radical (unpaired) electrons. The van der Waals surface area contributed by atoms with Crippen LogP contribution in [0.1, 0.15) is 74.5 Å². The molecule has 68 heavy (non-hydrogen) atoms. The van der Waals surface area contributed by atoms with Crippen molar-refractivity contribution in [3.05, 3.63) is 172 Å². The smallest absolute Gasteiger partial charge is 0.269 e. The maximum Gasteiger partial charge on any atom is 0.269 e. The zero-order valence-corrected chi connectivity index (χ0v) is 38.3. The van der Waals surface area contributed by atoms with Crippen LogP contribution < -0.4 is 9.47 Å². The van der Waals surface area contributed by atoms with Crippen LogP contribution in [0.15, 0.2) is 145 Å². The van der Waals surface area contributed by atoms with Crippen LogP contribution in [-0.2, 0) is 20.9 Å². The Kier molecular flexibility index (Phi) is 15.4. The number of aliphatic hydroxyl groups is 2. The fourth-order valence-corrected chi connectivity index (χ4v) is 10.3. The molecule has 0 unspecified atom stereocenters. The number of benzene rings is 5. The largest absolute Gasteiger partial charge is 0.459 e. The van der Waals surface area contributed by atoms with Crippen LogP contribution in [0.25, 0.3) is 16.8 Å². The van der Waals surface area contributed by atoms with Crippen molar-refractivity contribution in [2.45, 2.75) is 76.2 Å². The van der Waals surface area contributed by atoms with E-state index in [1.54, 1.807) is 41.3 Å². The number of hydrogen-bond acceptors (Lipinski definition) is 10. The number of aliphatic hydroxyl groups excluding tert-OH is 2. The molecule has 3 aliphatic rings. The summed E-state index contributed by atoms with van der Waals surface area (Å²) in [5, 5.41) is 38.3. The first kappa shape index (κ1) is 47.8. The number of nitrogens with zero attached hydrogens (tertiary/aromatic N) is 3. The molecule has 1 aliphatic heterocycles. The molecule has 1 fully saturated rings. The molecule has 0 spiro atoms. The van der Waals surface area contributed by atoms with Gasteiger partial charge in [0.25, 0.3) is 5.69 Å². The summed E-state index contributed by atoms with van der Waals surface area (Å²) in [5.41, 5.74) is 3.59. The van der Waals surface area contributed by atoms with Gasteiger partial charge in [0.2, 0.25) is 11.7 Å². The number of fused-ring (bicyclic) bond motifs is 3. The summed E-state index contributed by atoms with van der Waals surface area (Å²) in [6.07, 6.45) is 11.5. The van der Waals surface area contributed by atoms with Crippen molar-refractivity contribution < 1.29 is 43.4 Å². The fourth-order valence-electron chi connectivity index (χ4n) is 10.3. The van der Waals surface area contributed by atoms with Crippen LogP contribution in [-0.4, -0.2) is 69.9 Å². The summed E-state index contributed by atoms with van der Waals surface area (Å²) in [5.74, 6) is -1.39. The number of non-ortho nitro benzene ring substituents is 1. The molecule has 354 valence electrons. The number of halogens is 1. The second kappa shape index (κ2) is 22.0. The molecular formula is C55H58FN3O9. The third-order valence-electron chi connectivity index (χ3n) is 13.4. The number of carbonyl (C=O) groups is 1. The minimum absolute atomic E-state index is 0.0188. The Morgan fingerprint density at radius 1 is 0.941 bits per heavy atom. The van der Waals surface area contributed by atoms with Crippen molar-refractivity contribution in [3.63, 3.8) is 0 Å². The lowest BCUT2D eigenvalue weighted by molar-refractivity contribution is -0.384. The summed E-state index contributed by atoms with van der Waals surface area (Å²) in [7, 11) is 0. The van der Waals surface area contributed by atoms with Gasteiger partial charge in [-0.25, -0.2) is 4.39 Å². The first-order valence-electron chi connectivity index (χ1n) is 23.5. The van der Waals surface area contributed by atoms with E-state index in [1.165, 1.54) is 30.3 Å². The zero-order chi connectivity index (χ0) is 47.6. The van der Waals surface area contributed by atoms with Gasteiger partial charge in [0.15, 0.2) is 0 Å². The van der Waals surface area contributed by atoms with Crippen molar-refractivity contribution in [2.24, 2.45) is 22.9 Å². The molecule has 5 aromatic carbocycles. The van der Waals surface area contributed by atoms with Gasteiger partial charge in [-0.1, -0.05) is 72.6 Å². The molecule has 0 bridgehead atoms. The van der Waals surface area contributed by atoms with E-state index in [2.05, 4.69) is 24.8 Å². The maximum atomic E-state index is 15.1. The summed E-state index contributed by atoms with van der Waals surface area (Å²) < 4.78 is 35.6. The first-order valence-corrected chi connectivity index (χ1v) is 23.5. The van der Waals surface area contributed by atoms with E-state index < -0.39 is 34.4 Å². The number of ether oxygens (including phenoxy) is 3. The van der Waals surface area contributed by atoms with Gasteiger partial charge in [0, 0.05) is 55.9 Å². The third-order valence-corrected chi connectivity index (χ3v) is 13.4. The Morgan fingerprint density at radius 2 is 1.66 bits per heavy atom. The molecule has 1 amide bonds. The van der Waals surface area contributed by atoms with Gasteiger partial charge in [-0.15, -0.1) is 6.58 Å². The van der Waals surface area contributed by atoms with E-state index in [0.29, 0.717) is 53.5 Å². The number of allylic oxidation sites excluding steroid dienone is 1. The molecule has 0 saturated heterocycles. The lowest BCUT2D eigenvalue weighted by atomic mass is 9.55. The number of carbonyl (C=O) groups excluding carboxylic acids is 1. The van der Waals surface area contributed by atoms with Crippen LogP contribution in [0.4, 0.5) is 10.1 Å². The van der Waals surface area contributed by atoms with E-state index in [-0.39, 0.29) is 56.2 Å². The normalized spacial score (nSPS) is 22.2. The molecule has 2 N–H and O–H groups in total. The summed E-state index contributed by atoms with van der Waals surface area (Å²) in [6, 6.07) is 31.0. The summed E-state index contributed by atoms with van der Waals surface area (Å²) in [6.45, 7) is 6.41. The average molecular weight is 924 g/mol. The van der Waals surface area contributed by atoms with Gasteiger partial charge in [0.05, 0.1) is 23.2 Å². The van der Waals surface area contributed by atoms with Gasteiger partial charge in [-0.2, -0.15) is 0 Å². The van der Waals surface area contributed by atoms with Gasteiger partial charge < -0.3 is 34.2 Å². The molecule has 1 saturated carbocycles. The van der Waals surface area contributed by atoms with E-state index in [9.17, 15) is 24.7 Å². The Labute approximate surface area is 396 Å². The second-order valence-electron chi connectivity index (χ2n) is 17.6. The van der Waals surface area contributed by atoms with Gasteiger partial charge >= 0.3 is 0 Å². The fraction of sp³-hybridized carbons (Fsp3) is 0.345. The molecule has 12 nitrogen and oxygen atoms in total. The van der Waals surface area contributed by atoms with Gasteiger partial charge in [-0.3, -0.25) is 14.9 Å². The highest BCUT2D eigenvalue weighted by molar-refractivity contribution is 6.03. The predicted molar refractivity (Wildman–Crippen MR) is 260 cm³/mol. The lowest BCUT2D eigenvalue weighted by Crippen LogP contribution is -2.70. The monoisotopic (exact) mass is 923 g/mol. The highest BCUT2D eigenvalue weighted by Crippen LogP contribution is 2.62. The molecule has 2 aliphatic carbocycles. The molecule has 6 atom stereocenters. The average Bonchev–Trinajstić information content (AvgIpc) is 3.35. The van der Waals surface area contributed by atoms with Crippen molar-refractivity contribution in [3.8, 4) is 17.2 Å². The first-order chi connectivity index (χ1) is 33.2. The SMILES string of the molecule is C=CCO[C@@]12Oc3ccc(Oc4ccc5ccccc5c4)cc3[C@H]3[C@H](CCCCO)[C@@H](CCCCO)C=C(C(=NOCC)C[C@@H]1N(Cc1ccc(F)cc1)C(=O)C=Cc1ccc([N+](=O)[O-])cc1)[C@H]32. The molecule has 13 heteroatoms. The number of rotatable bonds is 21. The third kappa shape index (κ3) is 10.4. The summed E-state index contributed by atoms with van der Waals surface area (Å²) >= 11 is 0. The Hall–Kier alpha value is -6.67. The van der Waals surface area contributed by atoms with Crippen molar-refractivity contribution in [1.82, 2.24) is 4.90 Å². The van der Waals surface area contributed by atoms with Gasteiger partial charge in [0.1, 0.15) is 35.7 Å². The Balaban J connectivity index is 1.32. The highest BCUT2D eigenvalue weighted by atomic mass is 19.1. The second-order valence-corrected chi connectivity index (χ2v) is 17.6. The topological polar surface area (TPSA) is 153 Å². The number of amides is 1. The van der Waals surface area contributed by atoms with E-state index in [0.717, 1.165) is 47.6 Å². The molecular weight excluding hydrogens is 866 g/mol. The molecule has 1 heterocycles. The van der Waals surface area contributed by atoms with Crippen LogP contribution >= 0.6 is 0 Å². The predicted octanol–water partition coefficient (Wildman–Crippen LogP) is 11.1. The van der Waals surface area contributed by atoms with Crippen molar-refractivity contribution >= 4 is 34.2 Å². The van der Waals surface area contributed by atoms with E-state index >= 15 is 4.79 Å². The van der Waals surface area contributed by atoms with Crippen LogP contribution in [0.2, 0.25) is 0 Å². The molecule has 8 rings (SSSR count). The number of nitro groups is 1. The maximum absolute atomic E-state index is 15.1. The number of unbranched alkanes of at least 4 members (excludes halogenated alkanes) is 2. The summed E-state index contributed by atoms with van der Waals surface area (Å²) in [4.78, 5) is 33.6. The van der Waals surface area contributed by atoms with Crippen molar-refractivity contribution in [1.29, 1.82) is 0 Å². The molecule has 0 aromatic heterocycles. The van der Waals surface area contributed by atoms with Crippen LogP contribution in [0.3, 0.4) is 0 Å². The standard InChI is InChI=1S/C55H58FN3O9/c1-3-31-65-55-51(58(36-38-15-21-42(56)22-16-38)52(62)28-19-37-17-23-43(24-18-37)59(63)64)35-49(57-66-4-2)47-33-41(13-7-9-29-60)46(14-8-10-30-61)53(54(47)55)48-34-45(26-27-50(48)68-55)67-44-25-20-39-11-5-6-12-40(39)32-44/h3,5-6,11-12,15-28,32-34,41,46,51,53-54,60-61H,1,4,7-10,13-14,29-31,35-36H2,2H3/t41-,46+,51-,53+,54+,55+/m0/s1. The minimum Gasteiger partial charge on any atom is -0.459 e. The van der Waals surface area contributed by atoms with Crippen LogP contribution in [0.5, 0.6) is 17.2 Å². The highest BCUT2D eigenvalue weighted by Gasteiger charge is 2.65. The van der Waals surface area contributed by atoms with Crippen LogP contribution in [0, 0.1) is 33.7 Å². The number of oxime groups is 1. The molecule has 5 aromatic rings. The van der Waals surface area contributed by atoms with Crippen molar-refractivity contribution in [2.75, 3.05) is 26.4 Å². The number of hydrogen-bond donors (Lipinski definition) is 2. The quantitative estimate of drug-likeness (QED) is 0.0241. The minimum atomic E-state index is -1.55. The van der Waals surface area contributed by atoms with E-state index in [4.69, 9.17) is 24.2 Å². The van der Waals surface area contributed by atoms with Gasteiger partial charge in [-0.05, 0) is 133 Å². The zero-order valence-electron chi connectivity index (χ0n) is 38.3.